The second-order valence-electron chi connectivity index (χ2n) is 4.36. The number of hydrogen-bond donors (Lipinski definition) is 1. The third-order valence-electron chi connectivity index (χ3n) is 2.56. The lowest BCUT2D eigenvalue weighted by Crippen LogP contribution is -2.38. The van der Waals surface area contributed by atoms with Crippen molar-refractivity contribution < 1.29 is 13.2 Å². The molecule has 1 amide bonds. The molecule has 0 saturated carbocycles. The summed E-state index contributed by atoms with van der Waals surface area (Å²) in [6, 6.07) is 2.58. The first kappa shape index (κ1) is 17.0. The Balaban J connectivity index is 3.21. The highest BCUT2D eigenvalue weighted by Crippen LogP contribution is 2.32. The van der Waals surface area contributed by atoms with Crippen LogP contribution in [0, 0.1) is 0 Å². The van der Waals surface area contributed by atoms with Crippen LogP contribution >= 0.6 is 23.2 Å². The number of halogens is 2. The van der Waals surface area contributed by atoms with E-state index in [-0.39, 0.29) is 33.1 Å². The number of sulfonamides is 1. The van der Waals surface area contributed by atoms with E-state index in [2.05, 4.69) is 0 Å². The number of hydrogen-bond acceptors (Lipinski definition) is 4. The molecule has 0 aromatic heterocycles. The molecule has 20 heavy (non-hydrogen) atoms. The van der Waals surface area contributed by atoms with Crippen molar-refractivity contribution in [3.8, 4) is 0 Å². The second-order valence-corrected chi connectivity index (χ2v) is 7.18. The van der Waals surface area contributed by atoms with Crippen LogP contribution in [-0.4, -0.2) is 51.2 Å². The molecule has 0 unspecified atom stereocenters. The van der Waals surface area contributed by atoms with Gasteiger partial charge in [-0.2, -0.15) is 4.31 Å². The van der Waals surface area contributed by atoms with Gasteiger partial charge in [-0.25, -0.2) is 8.42 Å². The minimum absolute atomic E-state index is 0.0633. The van der Waals surface area contributed by atoms with Crippen molar-refractivity contribution in [1.29, 1.82) is 0 Å². The summed E-state index contributed by atoms with van der Waals surface area (Å²) in [6.45, 7) is -0.312. The fourth-order valence-corrected chi connectivity index (χ4v) is 3.48. The van der Waals surface area contributed by atoms with E-state index in [0.717, 1.165) is 4.31 Å². The van der Waals surface area contributed by atoms with Crippen molar-refractivity contribution in [2.75, 3.05) is 33.4 Å². The lowest BCUT2D eigenvalue weighted by atomic mass is 10.3. The van der Waals surface area contributed by atoms with Gasteiger partial charge in [0.25, 0.3) is 0 Å². The number of anilines is 1. The van der Waals surface area contributed by atoms with Crippen LogP contribution in [0.15, 0.2) is 17.0 Å². The molecular formula is C11H15Cl2N3O3S. The highest BCUT2D eigenvalue weighted by molar-refractivity contribution is 7.89. The van der Waals surface area contributed by atoms with Gasteiger partial charge < -0.3 is 10.6 Å². The normalized spacial score (nSPS) is 11.7. The number of rotatable bonds is 4. The Bertz CT molecular complexity index is 609. The van der Waals surface area contributed by atoms with Gasteiger partial charge in [-0.05, 0) is 12.1 Å². The number of nitrogens with zero attached hydrogens (tertiary/aromatic N) is 2. The standard InChI is InChI=1S/C11H15Cl2N3O3S/c1-15(2)10(17)6-16(3)20(18,19)11-8(13)4-7(12)5-9(11)14/h4-5H,6,14H2,1-3H3. The summed E-state index contributed by atoms with van der Waals surface area (Å²) in [5, 5.41) is 0.151. The minimum Gasteiger partial charge on any atom is -0.398 e. The second kappa shape index (κ2) is 6.17. The fourth-order valence-electron chi connectivity index (χ4n) is 1.43. The largest absolute Gasteiger partial charge is 0.398 e. The minimum atomic E-state index is -3.98. The Morgan fingerprint density at radius 3 is 2.25 bits per heavy atom. The van der Waals surface area contributed by atoms with Crippen molar-refractivity contribution in [2.45, 2.75) is 4.90 Å². The van der Waals surface area contributed by atoms with E-state index in [0.29, 0.717) is 0 Å². The summed E-state index contributed by atoms with van der Waals surface area (Å²) in [7, 11) is 0.372. The van der Waals surface area contributed by atoms with Gasteiger partial charge in [-0.1, -0.05) is 23.2 Å². The zero-order chi connectivity index (χ0) is 15.7. The molecule has 112 valence electrons. The smallest absolute Gasteiger partial charge is 0.246 e. The summed E-state index contributed by atoms with van der Waals surface area (Å²) in [4.78, 5) is 12.6. The van der Waals surface area contributed by atoms with Crippen LogP contribution < -0.4 is 5.73 Å². The Morgan fingerprint density at radius 2 is 1.80 bits per heavy atom. The maximum absolute atomic E-state index is 12.4. The van der Waals surface area contributed by atoms with Crippen LogP contribution in [0.1, 0.15) is 0 Å². The molecule has 9 heteroatoms. The van der Waals surface area contributed by atoms with E-state index in [1.165, 1.54) is 38.2 Å². The summed E-state index contributed by atoms with van der Waals surface area (Å²) in [5.74, 6) is -0.361. The number of likely N-dealkylation sites (N-methyl/N-ethyl adjacent to an activating group) is 2. The molecule has 0 aliphatic rings. The van der Waals surface area contributed by atoms with Gasteiger partial charge in [0.1, 0.15) is 4.90 Å². The number of benzene rings is 1. The van der Waals surface area contributed by atoms with E-state index in [4.69, 9.17) is 28.9 Å². The van der Waals surface area contributed by atoms with Crippen LogP contribution in [0.5, 0.6) is 0 Å². The first-order chi connectivity index (χ1) is 9.07. The van der Waals surface area contributed by atoms with Crippen molar-refractivity contribution in [3.05, 3.63) is 22.2 Å². The fraction of sp³-hybridized carbons (Fsp3) is 0.364. The van der Waals surface area contributed by atoms with Gasteiger partial charge in [-0.3, -0.25) is 4.79 Å². The zero-order valence-corrected chi connectivity index (χ0v) is 13.6. The van der Waals surface area contributed by atoms with Crippen LogP contribution in [0.3, 0.4) is 0 Å². The van der Waals surface area contributed by atoms with Gasteiger partial charge in [0.2, 0.25) is 15.9 Å². The maximum Gasteiger partial charge on any atom is 0.246 e. The molecule has 1 aromatic carbocycles. The van der Waals surface area contributed by atoms with E-state index < -0.39 is 10.0 Å². The van der Waals surface area contributed by atoms with Crippen molar-refractivity contribution in [3.63, 3.8) is 0 Å². The van der Waals surface area contributed by atoms with E-state index in [9.17, 15) is 13.2 Å². The molecule has 6 nitrogen and oxygen atoms in total. The van der Waals surface area contributed by atoms with E-state index in [1.54, 1.807) is 0 Å². The van der Waals surface area contributed by atoms with E-state index in [1.807, 2.05) is 0 Å². The monoisotopic (exact) mass is 339 g/mol. The molecule has 2 N–H and O–H groups in total. The molecule has 0 atom stereocenters. The molecule has 0 radical (unpaired) electrons. The Hall–Kier alpha value is -1.02. The van der Waals surface area contributed by atoms with Crippen molar-refractivity contribution in [1.82, 2.24) is 9.21 Å². The predicted octanol–water partition coefficient (Wildman–Crippen LogP) is 1.28. The number of carbonyl (C=O) groups is 1. The molecule has 1 aromatic rings. The van der Waals surface area contributed by atoms with Gasteiger partial charge in [0.15, 0.2) is 0 Å². The third kappa shape index (κ3) is 3.54. The molecule has 1 rings (SSSR count). The van der Waals surface area contributed by atoms with Gasteiger partial charge in [-0.15, -0.1) is 0 Å². The van der Waals surface area contributed by atoms with Crippen LogP contribution in [0.4, 0.5) is 5.69 Å². The maximum atomic E-state index is 12.4. The molecule has 0 aliphatic heterocycles. The molecule has 0 spiro atoms. The Kier molecular flexibility index (Phi) is 5.26. The average Bonchev–Trinajstić information content (AvgIpc) is 2.26. The van der Waals surface area contributed by atoms with Crippen molar-refractivity contribution >= 4 is 44.8 Å². The molecule has 0 heterocycles. The zero-order valence-electron chi connectivity index (χ0n) is 11.2. The number of nitrogen functional groups attached to an aromatic ring is 1. The SMILES string of the molecule is CN(C)C(=O)CN(C)S(=O)(=O)c1c(N)cc(Cl)cc1Cl. The number of amides is 1. The highest BCUT2D eigenvalue weighted by atomic mass is 35.5. The van der Waals surface area contributed by atoms with Crippen LogP contribution in [0.25, 0.3) is 0 Å². The Labute approximate surface area is 128 Å². The summed E-state index contributed by atoms with van der Waals surface area (Å²) >= 11 is 11.6. The van der Waals surface area contributed by atoms with Crippen LogP contribution in [0.2, 0.25) is 10.0 Å². The van der Waals surface area contributed by atoms with Crippen molar-refractivity contribution in [2.24, 2.45) is 0 Å². The van der Waals surface area contributed by atoms with E-state index >= 15 is 0 Å². The van der Waals surface area contributed by atoms with Gasteiger partial charge in [0, 0.05) is 26.2 Å². The molecule has 0 fully saturated rings. The Morgan fingerprint density at radius 1 is 1.25 bits per heavy atom. The first-order valence-electron chi connectivity index (χ1n) is 5.48. The number of nitrogens with two attached hydrogens (primary N) is 1. The van der Waals surface area contributed by atoms with Gasteiger partial charge in [0.05, 0.1) is 17.3 Å². The molecule has 0 bridgehead atoms. The topological polar surface area (TPSA) is 83.7 Å². The third-order valence-corrected chi connectivity index (χ3v) is 5.11. The lowest BCUT2D eigenvalue weighted by molar-refractivity contribution is -0.128. The molecule has 0 aliphatic carbocycles. The lowest BCUT2D eigenvalue weighted by Gasteiger charge is -2.20. The van der Waals surface area contributed by atoms with Crippen LogP contribution in [-0.2, 0) is 14.8 Å². The summed E-state index contributed by atoms with van der Waals surface area (Å²) in [5.41, 5.74) is 5.60. The summed E-state index contributed by atoms with van der Waals surface area (Å²) in [6.07, 6.45) is 0. The first-order valence-corrected chi connectivity index (χ1v) is 7.68. The number of carbonyl (C=O) groups excluding carboxylic acids is 1. The molecule has 0 saturated heterocycles. The summed E-state index contributed by atoms with van der Waals surface area (Å²) < 4.78 is 25.7. The van der Waals surface area contributed by atoms with Gasteiger partial charge >= 0.3 is 0 Å². The highest BCUT2D eigenvalue weighted by Gasteiger charge is 2.28. The average molecular weight is 340 g/mol. The molecular weight excluding hydrogens is 325 g/mol. The predicted molar refractivity (Wildman–Crippen MR) is 79.4 cm³/mol. The quantitative estimate of drug-likeness (QED) is 0.837.